The molecule has 0 radical (unpaired) electrons. The zero-order valence-electron chi connectivity index (χ0n) is 20.5. The number of hydrogen-bond donors (Lipinski definition) is 4. The highest BCUT2D eigenvalue weighted by Gasteiger charge is 2.33. The van der Waals surface area contributed by atoms with Gasteiger partial charge in [0, 0.05) is 24.0 Å². The highest BCUT2D eigenvalue weighted by Crippen LogP contribution is 2.43. The summed E-state index contributed by atoms with van der Waals surface area (Å²) in [6.07, 6.45) is 4.69. The first-order valence-electron chi connectivity index (χ1n) is 12.1. The van der Waals surface area contributed by atoms with E-state index in [4.69, 9.17) is 15.7 Å². The summed E-state index contributed by atoms with van der Waals surface area (Å²) < 4.78 is 0. The number of nitrogens with one attached hydrogen (secondary N) is 3. The first-order valence-corrected chi connectivity index (χ1v) is 12.1. The molecule has 2 heterocycles. The normalized spacial score (nSPS) is 20.7. The molecule has 0 fully saturated rings. The van der Waals surface area contributed by atoms with E-state index in [1.54, 1.807) is 0 Å². The zero-order chi connectivity index (χ0) is 23.4. The summed E-state index contributed by atoms with van der Waals surface area (Å²) in [5.41, 5.74) is 19.7. The number of allylic oxidation sites excluding steroid dienone is 1. The summed E-state index contributed by atoms with van der Waals surface area (Å²) in [6, 6.07) is 8.57. The van der Waals surface area contributed by atoms with Crippen LogP contribution >= 0.6 is 0 Å². The molecule has 8 heteroatoms. The molecule has 2 aromatic rings. The number of aromatic nitrogens is 1. The molecule has 1 aromatic carbocycles. The molecule has 1 aromatic heterocycles. The fourth-order valence-electron chi connectivity index (χ4n) is 4.65. The van der Waals surface area contributed by atoms with Gasteiger partial charge >= 0.3 is 0 Å². The van der Waals surface area contributed by atoms with Crippen molar-refractivity contribution in [2.24, 2.45) is 16.3 Å². The molecule has 0 amide bonds. The number of H-pyrrole nitrogens is 1. The third kappa shape index (κ3) is 5.24. The Morgan fingerprint density at radius 3 is 2.88 bits per heavy atom. The minimum Gasteiger partial charge on any atom is -0.353 e. The number of hydrogen-bond acceptors (Lipinski definition) is 7. The SMILES string of the molecule is CCN(C)CONN(CCN)c1ccc2cc(C3=NNCC4=C3CCC(C)(CC)C4)[nH]c2c1. The van der Waals surface area contributed by atoms with Crippen LogP contribution in [0.1, 0.15) is 52.1 Å². The highest BCUT2D eigenvalue weighted by atomic mass is 16.7. The summed E-state index contributed by atoms with van der Waals surface area (Å²) in [4.78, 5) is 11.3. The zero-order valence-corrected chi connectivity index (χ0v) is 20.5. The van der Waals surface area contributed by atoms with E-state index in [9.17, 15) is 0 Å². The van der Waals surface area contributed by atoms with Crippen LogP contribution < -0.4 is 21.8 Å². The molecule has 0 bridgehead atoms. The quantitative estimate of drug-likeness (QED) is 0.325. The second kappa shape index (κ2) is 10.3. The molecule has 33 heavy (non-hydrogen) atoms. The maximum atomic E-state index is 5.85. The van der Waals surface area contributed by atoms with Crippen LogP contribution in [-0.2, 0) is 4.84 Å². The number of nitrogens with zero attached hydrogens (tertiary/aromatic N) is 3. The second-order valence-corrected chi connectivity index (χ2v) is 9.65. The van der Waals surface area contributed by atoms with Crippen LogP contribution in [0.2, 0.25) is 0 Å². The maximum Gasteiger partial charge on any atom is 0.123 e. The predicted molar refractivity (Wildman–Crippen MR) is 136 cm³/mol. The fourth-order valence-corrected chi connectivity index (χ4v) is 4.65. The Bertz CT molecular complexity index is 1030. The smallest absolute Gasteiger partial charge is 0.123 e. The van der Waals surface area contributed by atoms with E-state index in [1.807, 2.05) is 12.1 Å². The molecule has 180 valence electrons. The molecule has 1 aliphatic carbocycles. The summed E-state index contributed by atoms with van der Waals surface area (Å²) in [6.45, 7) is 10.3. The van der Waals surface area contributed by atoms with Crippen molar-refractivity contribution in [1.29, 1.82) is 0 Å². The van der Waals surface area contributed by atoms with Gasteiger partial charge in [-0.15, -0.1) is 5.59 Å². The molecular formula is C25H39N7O. The van der Waals surface area contributed by atoms with Crippen molar-refractivity contribution in [2.75, 3.05) is 45.0 Å². The number of benzene rings is 1. The number of fused-ring (bicyclic) bond motifs is 1. The molecule has 0 saturated heterocycles. The van der Waals surface area contributed by atoms with Crippen LogP contribution in [0, 0.1) is 5.41 Å². The monoisotopic (exact) mass is 453 g/mol. The lowest BCUT2D eigenvalue weighted by molar-refractivity contribution is -0.0273. The van der Waals surface area contributed by atoms with Gasteiger partial charge < -0.3 is 16.1 Å². The van der Waals surface area contributed by atoms with Gasteiger partial charge in [-0.3, -0.25) is 14.7 Å². The molecule has 0 spiro atoms. The van der Waals surface area contributed by atoms with Crippen molar-refractivity contribution in [2.45, 2.75) is 46.5 Å². The van der Waals surface area contributed by atoms with Gasteiger partial charge in [0.2, 0.25) is 0 Å². The van der Waals surface area contributed by atoms with Crippen molar-refractivity contribution in [3.8, 4) is 0 Å². The van der Waals surface area contributed by atoms with E-state index in [0.717, 1.165) is 53.9 Å². The Hall–Kier alpha value is -2.39. The summed E-state index contributed by atoms with van der Waals surface area (Å²) >= 11 is 0. The fraction of sp³-hybridized carbons (Fsp3) is 0.560. The Balaban J connectivity index is 1.56. The van der Waals surface area contributed by atoms with Gasteiger partial charge in [-0.2, -0.15) is 5.10 Å². The lowest BCUT2D eigenvalue weighted by Gasteiger charge is -2.37. The number of nitrogens with two attached hydrogens (primary N) is 1. The lowest BCUT2D eigenvalue weighted by atomic mass is 9.70. The van der Waals surface area contributed by atoms with Gasteiger partial charge in [-0.25, -0.2) is 0 Å². The van der Waals surface area contributed by atoms with E-state index in [-0.39, 0.29) is 0 Å². The third-order valence-electron chi connectivity index (χ3n) is 7.19. The maximum absolute atomic E-state index is 5.85. The van der Waals surface area contributed by atoms with E-state index in [2.05, 4.69) is 65.9 Å². The Kier molecular flexibility index (Phi) is 7.38. The molecule has 1 atom stereocenters. The molecule has 1 aliphatic heterocycles. The predicted octanol–water partition coefficient (Wildman–Crippen LogP) is 3.48. The van der Waals surface area contributed by atoms with E-state index < -0.39 is 0 Å². The Morgan fingerprint density at radius 2 is 2.12 bits per heavy atom. The van der Waals surface area contributed by atoms with Crippen molar-refractivity contribution >= 4 is 22.3 Å². The van der Waals surface area contributed by atoms with Gasteiger partial charge in [-0.1, -0.05) is 33.3 Å². The van der Waals surface area contributed by atoms with Crippen LogP contribution in [0.5, 0.6) is 0 Å². The van der Waals surface area contributed by atoms with Crippen LogP contribution in [0.3, 0.4) is 0 Å². The Morgan fingerprint density at radius 1 is 1.27 bits per heavy atom. The second-order valence-electron chi connectivity index (χ2n) is 9.65. The minimum absolute atomic E-state index is 0.409. The van der Waals surface area contributed by atoms with Crippen LogP contribution in [-0.4, -0.2) is 55.6 Å². The largest absolute Gasteiger partial charge is 0.353 e. The van der Waals surface area contributed by atoms with Crippen LogP contribution in [0.4, 0.5) is 5.69 Å². The lowest BCUT2D eigenvalue weighted by Crippen LogP contribution is -2.43. The molecule has 2 aliphatic rings. The average molecular weight is 454 g/mol. The molecule has 4 rings (SSSR count). The van der Waals surface area contributed by atoms with Gasteiger partial charge in [0.25, 0.3) is 0 Å². The molecule has 8 nitrogen and oxygen atoms in total. The van der Waals surface area contributed by atoms with Crippen molar-refractivity contribution < 1.29 is 4.84 Å². The van der Waals surface area contributed by atoms with Gasteiger partial charge in [0.1, 0.15) is 12.4 Å². The molecule has 5 N–H and O–H groups in total. The first-order chi connectivity index (χ1) is 16.0. The van der Waals surface area contributed by atoms with Gasteiger partial charge in [0.05, 0.1) is 17.9 Å². The highest BCUT2D eigenvalue weighted by molar-refractivity contribution is 6.14. The van der Waals surface area contributed by atoms with Crippen molar-refractivity contribution in [1.82, 2.24) is 20.9 Å². The molecule has 1 unspecified atom stereocenters. The average Bonchev–Trinajstić information content (AvgIpc) is 3.26. The topological polar surface area (TPSA) is 93.9 Å². The first kappa shape index (κ1) is 23.8. The van der Waals surface area contributed by atoms with E-state index >= 15 is 0 Å². The number of aromatic amines is 1. The van der Waals surface area contributed by atoms with Gasteiger partial charge in [0.15, 0.2) is 0 Å². The minimum atomic E-state index is 0.409. The van der Waals surface area contributed by atoms with Crippen LogP contribution in [0.25, 0.3) is 10.9 Å². The molecule has 0 saturated carbocycles. The van der Waals surface area contributed by atoms with E-state index in [1.165, 1.54) is 24.0 Å². The number of rotatable bonds is 10. The van der Waals surface area contributed by atoms with Gasteiger partial charge in [-0.05, 0) is 67.6 Å². The summed E-state index contributed by atoms with van der Waals surface area (Å²) in [5, 5.41) is 7.82. The number of hydrazone groups is 1. The van der Waals surface area contributed by atoms with Crippen molar-refractivity contribution in [3.63, 3.8) is 0 Å². The van der Waals surface area contributed by atoms with E-state index in [0.29, 0.717) is 25.2 Å². The number of anilines is 1. The number of hydrazine groups is 1. The van der Waals surface area contributed by atoms with Crippen molar-refractivity contribution in [3.05, 3.63) is 41.1 Å². The Labute approximate surface area is 197 Å². The summed E-state index contributed by atoms with van der Waals surface area (Å²) in [7, 11) is 2.01. The van der Waals surface area contributed by atoms with Crippen LogP contribution in [0.15, 0.2) is 40.5 Å². The third-order valence-corrected chi connectivity index (χ3v) is 7.19. The standard InChI is InChI=1S/C25H39N7O/c1-5-25(3)10-9-21-19(15-25)16-27-29-24(21)23-13-18-7-8-20(14-22(18)28-23)32(12-11-26)30-33-17-31(4)6-2/h7-8,13-14,27-28,30H,5-6,9-12,15-17,26H2,1-4H3. The summed E-state index contributed by atoms with van der Waals surface area (Å²) in [5.74, 6) is 0. The molecular weight excluding hydrogens is 414 g/mol.